The summed E-state index contributed by atoms with van der Waals surface area (Å²) in [6.45, 7) is 10.4. The number of carbonyl (C=O) groups excluding carboxylic acids is 1. The van der Waals surface area contributed by atoms with Crippen molar-refractivity contribution in [3.63, 3.8) is 0 Å². The van der Waals surface area contributed by atoms with E-state index >= 15 is 0 Å². The maximum absolute atomic E-state index is 12.5. The first kappa shape index (κ1) is 25.3. The van der Waals surface area contributed by atoms with Gasteiger partial charge in [-0.05, 0) is 48.6 Å². The Morgan fingerprint density at radius 1 is 0.969 bits per heavy atom. The zero-order chi connectivity index (χ0) is 23.4. The van der Waals surface area contributed by atoms with Crippen LogP contribution in [0.2, 0.25) is 0 Å². The second kappa shape index (κ2) is 12.7. The third-order valence-electron chi connectivity index (χ3n) is 5.41. The van der Waals surface area contributed by atoms with Gasteiger partial charge in [-0.1, -0.05) is 83.2 Å². The van der Waals surface area contributed by atoms with Gasteiger partial charge in [-0.3, -0.25) is 4.79 Å². The summed E-state index contributed by atoms with van der Waals surface area (Å²) in [7, 11) is 0. The molecule has 0 radical (unpaired) electrons. The van der Waals surface area contributed by atoms with Crippen molar-refractivity contribution in [2.24, 2.45) is 0 Å². The normalized spacial score (nSPS) is 15.6. The number of fused-ring (bicyclic) bond motifs is 1. The molecule has 1 aliphatic heterocycles. The minimum atomic E-state index is -0.385. The first-order valence-electron chi connectivity index (χ1n) is 11.8. The number of hydrogen-bond donors (Lipinski definition) is 1. The molecule has 0 spiro atoms. The predicted octanol–water partition coefficient (Wildman–Crippen LogP) is 6.71. The molecule has 4 heteroatoms. The Bertz CT molecular complexity index is 912. The lowest BCUT2D eigenvalue weighted by atomic mass is 9.94. The van der Waals surface area contributed by atoms with Gasteiger partial charge in [0, 0.05) is 12.1 Å². The van der Waals surface area contributed by atoms with Crippen molar-refractivity contribution in [3.05, 3.63) is 83.6 Å². The molecule has 2 aliphatic carbocycles. The molecule has 32 heavy (non-hydrogen) atoms. The fourth-order valence-electron chi connectivity index (χ4n) is 3.49. The highest BCUT2D eigenvalue weighted by molar-refractivity contribution is 5.92. The average molecular weight is 436 g/mol. The summed E-state index contributed by atoms with van der Waals surface area (Å²) >= 11 is 0. The lowest BCUT2D eigenvalue weighted by Gasteiger charge is -2.16. The van der Waals surface area contributed by atoms with Gasteiger partial charge in [0.25, 0.3) is 0 Å². The molecular formula is C28H37NO3. The van der Waals surface area contributed by atoms with Crippen LogP contribution in [0.3, 0.4) is 0 Å². The molecular weight excluding hydrogens is 398 g/mol. The average Bonchev–Trinajstić information content (AvgIpc) is 3.27. The smallest absolute Gasteiger partial charge is 0.234 e. The zero-order valence-corrected chi connectivity index (χ0v) is 20.1. The van der Waals surface area contributed by atoms with Gasteiger partial charge in [0.1, 0.15) is 0 Å². The Hall–Kier alpha value is -3.01. The molecule has 2 aromatic rings. The molecule has 1 N–H and O–H groups in total. The van der Waals surface area contributed by atoms with Crippen LogP contribution in [0.15, 0.2) is 72.5 Å². The molecule has 0 unspecified atom stereocenters. The summed E-state index contributed by atoms with van der Waals surface area (Å²) in [6, 6.07) is 16.3. The highest BCUT2D eigenvalue weighted by atomic mass is 16.7. The maximum Gasteiger partial charge on any atom is 0.234 e. The van der Waals surface area contributed by atoms with E-state index in [-0.39, 0.29) is 18.1 Å². The molecule has 0 saturated heterocycles. The molecule has 2 aromatic carbocycles. The van der Waals surface area contributed by atoms with Crippen molar-refractivity contribution in [3.8, 4) is 11.5 Å². The van der Waals surface area contributed by atoms with E-state index in [1.165, 1.54) is 5.56 Å². The van der Waals surface area contributed by atoms with Gasteiger partial charge in [-0.25, -0.2) is 0 Å². The van der Waals surface area contributed by atoms with E-state index in [1.807, 2.05) is 70.2 Å². The molecule has 0 aromatic heterocycles. The minimum absolute atomic E-state index is 0.0892. The zero-order valence-electron chi connectivity index (χ0n) is 20.1. The van der Waals surface area contributed by atoms with Crippen LogP contribution < -0.4 is 14.8 Å². The molecule has 1 fully saturated rings. The largest absolute Gasteiger partial charge is 0.454 e. The number of nitrogens with one attached hydrogen (secondary N) is 1. The minimum Gasteiger partial charge on any atom is -0.454 e. The fourth-order valence-corrected chi connectivity index (χ4v) is 3.49. The summed E-state index contributed by atoms with van der Waals surface area (Å²) in [5.74, 6) is 1.59. The number of carbonyl (C=O) groups is 1. The second-order valence-electron chi connectivity index (χ2n) is 7.27. The highest BCUT2D eigenvalue weighted by Gasteiger charge is 2.51. The topological polar surface area (TPSA) is 47.6 Å². The number of rotatable bonds is 4. The van der Waals surface area contributed by atoms with Crippen LogP contribution in [0.5, 0.6) is 11.5 Å². The van der Waals surface area contributed by atoms with Crippen LogP contribution in [-0.4, -0.2) is 12.7 Å². The Morgan fingerprint density at radius 2 is 1.66 bits per heavy atom. The highest BCUT2D eigenvalue weighted by Crippen LogP contribution is 2.50. The lowest BCUT2D eigenvalue weighted by molar-refractivity contribution is -0.122. The molecule has 0 atom stereocenters. The molecule has 4 nitrogen and oxygen atoms in total. The first-order chi connectivity index (χ1) is 15.7. The Morgan fingerprint density at radius 3 is 2.22 bits per heavy atom. The monoisotopic (exact) mass is 435 g/mol. The van der Waals surface area contributed by atoms with Crippen molar-refractivity contribution >= 4 is 5.91 Å². The van der Waals surface area contributed by atoms with Crippen LogP contribution in [0, 0.1) is 0 Å². The molecule has 0 bridgehead atoms. The van der Waals surface area contributed by atoms with Gasteiger partial charge >= 0.3 is 0 Å². The molecule has 3 aliphatic rings. The number of ether oxygens (including phenoxy) is 2. The Balaban J connectivity index is 0.000000255. The van der Waals surface area contributed by atoms with Crippen molar-refractivity contribution in [2.45, 2.75) is 65.7 Å². The number of hydrogen-bond acceptors (Lipinski definition) is 3. The van der Waals surface area contributed by atoms with Crippen molar-refractivity contribution in [2.75, 3.05) is 6.79 Å². The molecule has 1 saturated carbocycles. The van der Waals surface area contributed by atoms with Gasteiger partial charge in [0.05, 0.1) is 5.41 Å². The van der Waals surface area contributed by atoms with Crippen molar-refractivity contribution in [1.82, 2.24) is 5.32 Å². The third kappa shape index (κ3) is 6.25. The number of aryl methyl sites for hydroxylation is 1. The molecule has 1 heterocycles. The van der Waals surface area contributed by atoms with Crippen LogP contribution in [0.4, 0.5) is 0 Å². The first-order valence-corrected chi connectivity index (χ1v) is 11.8. The molecule has 172 valence electrons. The quantitative estimate of drug-likeness (QED) is 0.581. The lowest BCUT2D eigenvalue weighted by Crippen LogP contribution is -2.33. The number of amides is 1. The molecule has 1 amide bonds. The Labute approximate surface area is 193 Å². The van der Waals surface area contributed by atoms with E-state index in [2.05, 4.69) is 36.5 Å². The van der Waals surface area contributed by atoms with Gasteiger partial charge in [-0.15, -0.1) is 0 Å². The van der Waals surface area contributed by atoms with Crippen LogP contribution in [0.1, 0.15) is 65.0 Å². The van der Waals surface area contributed by atoms with E-state index in [0.29, 0.717) is 0 Å². The van der Waals surface area contributed by atoms with Crippen molar-refractivity contribution in [1.29, 1.82) is 0 Å². The Kier molecular flexibility index (Phi) is 10.1. The molecule has 5 rings (SSSR count). The summed E-state index contributed by atoms with van der Waals surface area (Å²) in [6.07, 6.45) is 9.68. The third-order valence-corrected chi connectivity index (χ3v) is 5.41. The number of benzene rings is 2. The van der Waals surface area contributed by atoms with E-state index in [1.54, 1.807) is 0 Å². The second-order valence-corrected chi connectivity index (χ2v) is 7.27. The number of allylic oxidation sites excluding steroid dienone is 3. The van der Waals surface area contributed by atoms with E-state index in [4.69, 9.17) is 9.47 Å². The van der Waals surface area contributed by atoms with Crippen molar-refractivity contribution < 1.29 is 14.3 Å². The van der Waals surface area contributed by atoms with Gasteiger partial charge < -0.3 is 14.8 Å². The van der Waals surface area contributed by atoms with E-state index in [9.17, 15) is 4.79 Å². The fraction of sp³-hybridized carbons (Fsp3) is 0.393. The van der Waals surface area contributed by atoms with E-state index in [0.717, 1.165) is 48.4 Å². The van der Waals surface area contributed by atoms with Crippen LogP contribution >= 0.6 is 0 Å². The van der Waals surface area contributed by atoms with Crippen LogP contribution in [0.25, 0.3) is 0 Å². The van der Waals surface area contributed by atoms with Gasteiger partial charge in [0.2, 0.25) is 12.7 Å². The summed E-state index contributed by atoms with van der Waals surface area (Å²) in [5.41, 5.74) is 3.02. The summed E-state index contributed by atoms with van der Waals surface area (Å²) in [5, 5.41) is 3.04. The summed E-state index contributed by atoms with van der Waals surface area (Å²) in [4.78, 5) is 12.5. The maximum atomic E-state index is 12.5. The van der Waals surface area contributed by atoms with Crippen LogP contribution in [-0.2, 0) is 16.6 Å². The SMILES string of the molecule is CC.CC.CCc1ccccc1.O=C(NC1=CC=CC1)C1(c2ccc3c(c2)OCO3)CC1. The van der Waals surface area contributed by atoms with E-state index < -0.39 is 0 Å². The predicted molar refractivity (Wildman–Crippen MR) is 132 cm³/mol. The standard InChI is InChI=1S/C16H15NO3.C8H10.2C2H6/c18-15(17-12-3-1-2-4-12)16(7-8-16)11-5-6-13-14(9-11)20-10-19-13;1-2-8-6-4-3-5-7-8;2*1-2/h1-3,5-6,9H,4,7-8,10H2,(H,17,18);3-7H,2H2,1H3;2*1-2H3. The van der Waals surface area contributed by atoms with Gasteiger partial charge in [-0.2, -0.15) is 0 Å². The van der Waals surface area contributed by atoms with Gasteiger partial charge in [0.15, 0.2) is 11.5 Å². The summed E-state index contributed by atoms with van der Waals surface area (Å²) < 4.78 is 10.7.